The van der Waals surface area contributed by atoms with Gasteiger partial charge in [-0.2, -0.15) is 0 Å². The zero-order valence-electron chi connectivity index (χ0n) is 9.67. The highest BCUT2D eigenvalue weighted by Crippen LogP contribution is 2.17. The maximum atomic E-state index is 9.74. The summed E-state index contributed by atoms with van der Waals surface area (Å²) in [6.45, 7) is 10.5. The molecule has 0 aromatic heterocycles. The Labute approximate surface area is 82.9 Å². The topological polar surface area (TPSA) is 20.2 Å². The Morgan fingerprint density at radius 2 is 1.77 bits per heavy atom. The van der Waals surface area contributed by atoms with E-state index < -0.39 is 0 Å². The maximum Gasteiger partial charge on any atom is 0.0588 e. The predicted molar refractivity (Wildman–Crippen MR) is 58.7 cm³/mol. The molecule has 0 amide bonds. The van der Waals surface area contributed by atoms with Crippen molar-refractivity contribution in [2.24, 2.45) is 11.8 Å². The quantitative estimate of drug-likeness (QED) is 0.649. The molecule has 0 heterocycles. The van der Waals surface area contributed by atoms with Crippen LogP contribution in [0.1, 0.15) is 47.5 Å². The Kier molecular flexibility index (Phi) is 6.06. The van der Waals surface area contributed by atoms with Crippen molar-refractivity contribution in [3.8, 4) is 0 Å². The molecule has 0 saturated carbocycles. The minimum absolute atomic E-state index is 0.148. The van der Waals surface area contributed by atoms with Crippen LogP contribution in [0, 0.1) is 11.8 Å². The third kappa shape index (κ3) is 5.87. The van der Waals surface area contributed by atoms with Crippen LogP contribution in [0.4, 0.5) is 0 Å². The van der Waals surface area contributed by atoms with Crippen molar-refractivity contribution in [1.82, 2.24) is 0 Å². The van der Waals surface area contributed by atoms with Gasteiger partial charge in [-0.15, -0.1) is 0 Å². The summed E-state index contributed by atoms with van der Waals surface area (Å²) < 4.78 is 0. The largest absolute Gasteiger partial charge is 0.393 e. The molecule has 0 saturated heterocycles. The van der Waals surface area contributed by atoms with Gasteiger partial charge in [-0.05, 0) is 38.5 Å². The van der Waals surface area contributed by atoms with Gasteiger partial charge >= 0.3 is 0 Å². The van der Waals surface area contributed by atoms with Crippen molar-refractivity contribution in [3.05, 3.63) is 11.6 Å². The van der Waals surface area contributed by atoms with Crippen LogP contribution in [0.25, 0.3) is 0 Å². The number of rotatable bonds is 5. The summed E-state index contributed by atoms with van der Waals surface area (Å²) in [6, 6.07) is 0. The summed E-state index contributed by atoms with van der Waals surface area (Å²) in [5, 5.41) is 9.74. The molecule has 0 fully saturated rings. The van der Waals surface area contributed by atoms with E-state index in [9.17, 15) is 5.11 Å². The lowest BCUT2D eigenvalue weighted by atomic mass is 9.91. The first kappa shape index (κ1) is 12.7. The van der Waals surface area contributed by atoms with Gasteiger partial charge in [-0.3, -0.25) is 0 Å². The van der Waals surface area contributed by atoms with Gasteiger partial charge in [-0.1, -0.05) is 32.4 Å². The molecule has 2 atom stereocenters. The molecule has 0 aliphatic rings. The zero-order valence-corrected chi connectivity index (χ0v) is 9.67. The number of hydrogen-bond donors (Lipinski definition) is 1. The highest BCUT2D eigenvalue weighted by Gasteiger charge is 2.16. The third-order valence-corrected chi connectivity index (χ3v) is 2.44. The van der Waals surface area contributed by atoms with Crippen LogP contribution >= 0.6 is 0 Å². The zero-order chi connectivity index (χ0) is 10.4. The Morgan fingerprint density at radius 3 is 2.15 bits per heavy atom. The predicted octanol–water partition coefficient (Wildman–Crippen LogP) is 3.39. The molecule has 0 spiro atoms. The second-order valence-corrected chi connectivity index (χ2v) is 4.57. The molecule has 0 aromatic carbocycles. The molecule has 1 heteroatoms. The number of hydrogen-bond acceptors (Lipinski definition) is 1. The SMILES string of the molecule is CC(C)=CCC[C@@H](C)[C@H](O)C(C)C. The average molecular weight is 184 g/mol. The summed E-state index contributed by atoms with van der Waals surface area (Å²) >= 11 is 0. The highest BCUT2D eigenvalue weighted by atomic mass is 16.3. The summed E-state index contributed by atoms with van der Waals surface area (Å²) in [7, 11) is 0. The van der Waals surface area contributed by atoms with Gasteiger partial charge < -0.3 is 5.11 Å². The second kappa shape index (κ2) is 6.20. The maximum absolute atomic E-state index is 9.74. The highest BCUT2D eigenvalue weighted by molar-refractivity contribution is 4.93. The van der Waals surface area contributed by atoms with Crippen molar-refractivity contribution in [2.75, 3.05) is 0 Å². The molecular weight excluding hydrogens is 160 g/mol. The van der Waals surface area contributed by atoms with Crippen LogP contribution in [-0.4, -0.2) is 11.2 Å². The Balaban J connectivity index is 3.74. The molecule has 0 aliphatic carbocycles. The summed E-state index contributed by atoms with van der Waals surface area (Å²) in [6.07, 6.45) is 4.27. The first-order chi connectivity index (χ1) is 5.95. The van der Waals surface area contributed by atoms with E-state index in [1.54, 1.807) is 0 Å². The van der Waals surface area contributed by atoms with Gasteiger partial charge in [0, 0.05) is 0 Å². The van der Waals surface area contributed by atoms with E-state index in [2.05, 4.69) is 40.7 Å². The minimum atomic E-state index is -0.148. The molecule has 0 unspecified atom stereocenters. The molecule has 0 rings (SSSR count). The van der Waals surface area contributed by atoms with Gasteiger partial charge in [0.15, 0.2) is 0 Å². The van der Waals surface area contributed by atoms with Gasteiger partial charge in [0.05, 0.1) is 6.10 Å². The minimum Gasteiger partial charge on any atom is -0.393 e. The molecular formula is C12H24O. The number of aliphatic hydroxyl groups excluding tert-OH is 1. The van der Waals surface area contributed by atoms with Crippen molar-refractivity contribution < 1.29 is 5.11 Å². The van der Waals surface area contributed by atoms with Gasteiger partial charge in [0.25, 0.3) is 0 Å². The summed E-state index contributed by atoms with van der Waals surface area (Å²) in [5.74, 6) is 0.789. The first-order valence-electron chi connectivity index (χ1n) is 5.26. The van der Waals surface area contributed by atoms with Crippen LogP contribution in [0.5, 0.6) is 0 Å². The lowest BCUT2D eigenvalue weighted by Gasteiger charge is -2.21. The van der Waals surface area contributed by atoms with Gasteiger partial charge in [0.2, 0.25) is 0 Å². The van der Waals surface area contributed by atoms with E-state index in [0.717, 1.165) is 12.8 Å². The Morgan fingerprint density at radius 1 is 1.23 bits per heavy atom. The van der Waals surface area contributed by atoms with Crippen molar-refractivity contribution in [2.45, 2.75) is 53.6 Å². The van der Waals surface area contributed by atoms with E-state index in [0.29, 0.717) is 11.8 Å². The monoisotopic (exact) mass is 184 g/mol. The average Bonchev–Trinajstić information content (AvgIpc) is 2.02. The fourth-order valence-electron chi connectivity index (χ4n) is 1.46. The molecule has 13 heavy (non-hydrogen) atoms. The van der Waals surface area contributed by atoms with Crippen LogP contribution in [0.2, 0.25) is 0 Å². The molecule has 1 nitrogen and oxygen atoms in total. The van der Waals surface area contributed by atoms with Crippen LogP contribution in [-0.2, 0) is 0 Å². The standard InChI is InChI=1S/C12H24O/c1-9(2)7-6-8-11(5)12(13)10(3)4/h7,10-13H,6,8H2,1-5H3/t11-,12-/m1/s1. The molecule has 1 N–H and O–H groups in total. The molecule has 0 radical (unpaired) electrons. The van der Waals surface area contributed by atoms with Crippen molar-refractivity contribution in [1.29, 1.82) is 0 Å². The molecule has 78 valence electrons. The lowest BCUT2D eigenvalue weighted by molar-refractivity contribution is 0.0689. The fourth-order valence-corrected chi connectivity index (χ4v) is 1.46. The molecule has 0 aromatic rings. The van der Waals surface area contributed by atoms with Gasteiger partial charge in [-0.25, -0.2) is 0 Å². The fraction of sp³-hybridized carbons (Fsp3) is 0.833. The van der Waals surface area contributed by atoms with E-state index in [-0.39, 0.29) is 6.10 Å². The smallest absolute Gasteiger partial charge is 0.0588 e. The van der Waals surface area contributed by atoms with Crippen LogP contribution in [0.15, 0.2) is 11.6 Å². The Hall–Kier alpha value is -0.300. The molecule has 0 aliphatic heterocycles. The van der Waals surface area contributed by atoms with Crippen LogP contribution < -0.4 is 0 Å². The normalized spacial score (nSPS) is 15.6. The van der Waals surface area contributed by atoms with Crippen LogP contribution in [0.3, 0.4) is 0 Å². The number of aliphatic hydroxyl groups is 1. The van der Waals surface area contributed by atoms with E-state index in [1.165, 1.54) is 5.57 Å². The van der Waals surface area contributed by atoms with Gasteiger partial charge in [0.1, 0.15) is 0 Å². The number of allylic oxidation sites excluding steroid dienone is 2. The van der Waals surface area contributed by atoms with E-state index >= 15 is 0 Å². The van der Waals surface area contributed by atoms with E-state index in [1.807, 2.05) is 0 Å². The lowest BCUT2D eigenvalue weighted by Crippen LogP contribution is -2.23. The van der Waals surface area contributed by atoms with E-state index in [4.69, 9.17) is 0 Å². The van der Waals surface area contributed by atoms with Crippen molar-refractivity contribution in [3.63, 3.8) is 0 Å². The first-order valence-corrected chi connectivity index (χ1v) is 5.26. The molecule has 0 bridgehead atoms. The second-order valence-electron chi connectivity index (χ2n) is 4.57. The summed E-state index contributed by atoms with van der Waals surface area (Å²) in [4.78, 5) is 0. The Bertz CT molecular complexity index is 155. The third-order valence-electron chi connectivity index (χ3n) is 2.44. The summed E-state index contributed by atoms with van der Waals surface area (Å²) in [5.41, 5.74) is 1.37. The van der Waals surface area contributed by atoms with Crippen molar-refractivity contribution >= 4 is 0 Å².